The number of amides is 2. The molecule has 1 aliphatic heterocycles. The van der Waals surface area contributed by atoms with Gasteiger partial charge in [-0.25, -0.2) is 4.79 Å². The summed E-state index contributed by atoms with van der Waals surface area (Å²) in [4.78, 5) is 49.9. The Morgan fingerprint density at radius 3 is 2.23 bits per heavy atom. The van der Waals surface area contributed by atoms with Crippen LogP contribution >= 0.6 is 0 Å². The number of esters is 1. The van der Waals surface area contributed by atoms with Crippen molar-refractivity contribution in [2.24, 2.45) is 5.92 Å². The SMILES string of the molecule is CCCC(=O)Nc1ccc(C(=O)COC(=O)C2CCN(C(=O)OC(C)(C)C)CC2)cc1. The van der Waals surface area contributed by atoms with Gasteiger partial charge in [0.1, 0.15) is 5.60 Å². The minimum Gasteiger partial charge on any atom is -0.457 e. The molecule has 0 saturated carbocycles. The molecule has 0 atom stereocenters. The summed E-state index contributed by atoms with van der Waals surface area (Å²) in [5.41, 5.74) is 0.455. The molecule has 0 aromatic heterocycles. The quantitative estimate of drug-likeness (QED) is 0.519. The standard InChI is InChI=1S/C23H32N2O6/c1-5-6-20(27)24-18-9-7-16(8-10-18)19(26)15-30-21(28)17-11-13-25(14-12-17)22(29)31-23(2,3)4/h7-10,17H,5-6,11-15H2,1-4H3,(H,24,27). The number of ether oxygens (including phenoxy) is 2. The molecule has 1 N–H and O–H groups in total. The minimum atomic E-state index is -0.563. The fraction of sp³-hybridized carbons (Fsp3) is 0.565. The van der Waals surface area contributed by atoms with Gasteiger partial charge in [-0.3, -0.25) is 14.4 Å². The van der Waals surface area contributed by atoms with Crippen molar-refractivity contribution in [2.45, 2.75) is 59.0 Å². The van der Waals surface area contributed by atoms with E-state index in [1.807, 2.05) is 27.7 Å². The van der Waals surface area contributed by atoms with Crippen molar-refractivity contribution in [2.75, 3.05) is 25.0 Å². The fourth-order valence-electron chi connectivity index (χ4n) is 3.15. The molecule has 1 aliphatic rings. The van der Waals surface area contributed by atoms with Crippen LogP contribution in [0.3, 0.4) is 0 Å². The highest BCUT2D eigenvalue weighted by atomic mass is 16.6. The summed E-state index contributed by atoms with van der Waals surface area (Å²) < 4.78 is 10.6. The van der Waals surface area contributed by atoms with Crippen molar-refractivity contribution in [1.82, 2.24) is 4.90 Å². The van der Waals surface area contributed by atoms with Crippen LogP contribution in [0.25, 0.3) is 0 Å². The maximum Gasteiger partial charge on any atom is 0.410 e. The van der Waals surface area contributed by atoms with E-state index in [1.54, 1.807) is 29.2 Å². The van der Waals surface area contributed by atoms with Crippen molar-refractivity contribution in [3.05, 3.63) is 29.8 Å². The lowest BCUT2D eigenvalue weighted by atomic mass is 9.97. The lowest BCUT2D eigenvalue weighted by Crippen LogP contribution is -2.43. The Balaban J connectivity index is 1.76. The number of ketones is 1. The second-order valence-electron chi connectivity index (χ2n) is 8.65. The Kier molecular flexibility index (Phi) is 8.59. The van der Waals surface area contributed by atoms with Gasteiger partial charge in [-0.05, 0) is 64.3 Å². The predicted octanol–water partition coefficient (Wildman–Crippen LogP) is 3.80. The zero-order chi connectivity index (χ0) is 23.0. The second-order valence-corrected chi connectivity index (χ2v) is 8.65. The molecule has 2 amide bonds. The smallest absolute Gasteiger partial charge is 0.410 e. The van der Waals surface area contributed by atoms with Crippen molar-refractivity contribution < 1.29 is 28.7 Å². The zero-order valence-electron chi connectivity index (χ0n) is 18.7. The van der Waals surface area contributed by atoms with Crippen LogP contribution in [0.5, 0.6) is 0 Å². The van der Waals surface area contributed by atoms with E-state index in [2.05, 4.69) is 5.32 Å². The van der Waals surface area contributed by atoms with Crippen LogP contribution in [0, 0.1) is 5.92 Å². The van der Waals surface area contributed by atoms with Gasteiger partial charge in [0.15, 0.2) is 12.4 Å². The molecule has 1 aromatic carbocycles. The first kappa shape index (κ1) is 24.4. The molecule has 0 spiro atoms. The van der Waals surface area contributed by atoms with E-state index in [-0.39, 0.29) is 30.3 Å². The van der Waals surface area contributed by atoms with Crippen LogP contribution < -0.4 is 5.32 Å². The second kappa shape index (κ2) is 10.9. The number of anilines is 1. The number of carbonyl (C=O) groups is 4. The summed E-state index contributed by atoms with van der Waals surface area (Å²) in [5, 5.41) is 2.75. The highest BCUT2D eigenvalue weighted by Gasteiger charge is 2.31. The molecule has 0 bridgehead atoms. The highest BCUT2D eigenvalue weighted by molar-refractivity contribution is 5.99. The number of hydrogen-bond donors (Lipinski definition) is 1. The summed E-state index contributed by atoms with van der Waals surface area (Å²) in [5.74, 6) is -1.16. The van der Waals surface area contributed by atoms with E-state index >= 15 is 0 Å². The lowest BCUT2D eigenvalue weighted by molar-refractivity contribution is -0.149. The Labute approximate surface area is 183 Å². The molecule has 8 nitrogen and oxygen atoms in total. The Bertz CT molecular complexity index is 789. The van der Waals surface area contributed by atoms with Crippen LogP contribution in [0.1, 0.15) is 63.7 Å². The largest absolute Gasteiger partial charge is 0.457 e. The summed E-state index contributed by atoms with van der Waals surface area (Å²) in [6.07, 6.45) is 1.75. The van der Waals surface area contributed by atoms with Crippen LogP contribution in [0.4, 0.5) is 10.5 Å². The third-order valence-corrected chi connectivity index (χ3v) is 4.79. The van der Waals surface area contributed by atoms with Crippen LogP contribution in [-0.2, 0) is 19.1 Å². The molecule has 1 fully saturated rings. The molecule has 31 heavy (non-hydrogen) atoms. The van der Waals surface area contributed by atoms with E-state index in [9.17, 15) is 19.2 Å². The molecule has 1 heterocycles. The van der Waals surface area contributed by atoms with E-state index in [0.717, 1.165) is 6.42 Å². The molecule has 0 aliphatic carbocycles. The summed E-state index contributed by atoms with van der Waals surface area (Å²) in [6, 6.07) is 6.48. The van der Waals surface area contributed by atoms with Crippen LogP contribution in [0.2, 0.25) is 0 Å². The van der Waals surface area contributed by atoms with E-state index in [1.165, 1.54) is 0 Å². The van der Waals surface area contributed by atoms with Gasteiger partial charge < -0.3 is 19.7 Å². The summed E-state index contributed by atoms with van der Waals surface area (Å²) in [7, 11) is 0. The van der Waals surface area contributed by atoms with Gasteiger partial charge in [-0.1, -0.05) is 6.92 Å². The molecule has 0 unspecified atom stereocenters. The Morgan fingerprint density at radius 1 is 1.06 bits per heavy atom. The van der Waals surface area contributed by atoms with Crippen molar-refractivity contribution in [1.29, 1.82) is 0 Å². The number of hydrogen-bond acceptors (Lipinski definition) is 6. The maximum absolute atomic E-state index is 12.3. The highest BCUT2D eigenvalue weighted by Crippen LogP contribution is 2.21. The average molecular weight is 433 g/mol. The van der Waals surface area contributed by atoms with E-state index < -0.39 is 11.6 Å². The third kappa shape index (κ3) is 8.03. The number of carbonyl (C=O) groups excluding carboxylic acids is 4. The molecule has 2 rings (SSSR count). The fourth-order valence-corrected chi connectivity index (χ4v) is 3.15. The van der Waals surface area contributed by atoms with Gasteiger partial charge in [0.25, 0.3) is 0 Å². The van der Waals surface area contributed by atoms with Crippen molar-refractivity contribution >= 4 is 29.4 Å². The monoisotopic (exact) mass is 432 g/mol. The number of nitrogens with one attached hydrogen (secondary N) is 1. The summed E-state index contributed by atoms with van der Waals surface area (Å²) >= 11 is 0. The molecular formula is C23H32N2O6. The predicted molar refractivity (Wildman–Crippen MR) is 116 cm³/mol. The van der Waals surface area contributed by atoms with E-state index in [4.69, 9.17) is 9.47 Å². The number of benzene rings is 1. The zero-order valence-corrected chi connectivity index (χ0v) is 18.7. The van der Waals surface area contributed by atoms with Gasteiger partial charge in [-0.15, -0.1) is 0 Å². The molecule has 8 heteroatoms. The lowest BCUT2D eigenvalue weighted by Gasteiger charge is -2.32. The van der Waals surface area contributed by atoms with Crippen LogP contribution in [0.15, 0.2) is 24.3 Å². The number of Topliss-reactive ketones (excluding diaryl/α,β-unsaturated/α-hetero) is 1. The molecule has 170 valence electrons. The topological polar surface area (TPSA) is 102 Å². The first-order valence-corrected chi connectivity index (χ1v) is 10.7. The maximum atomic E-state index is 12.3. The van der Waals surface area contributed by atoms with Crippen molar-refractivity contribution in [3.63, 3.8) is 0 Å². The van der Waals surface area contributed by atoms with Crippen molar-refractivity contribution in [3.8, 4) is 0 Å². The van der Waals surface area contributed by atoms with Gasteiger partial charge in [0.2, 0.25) is 5.91 Å². The van der Waals surface area contributed by atoms with E-state index in [0.29, 0.717) is 43.6 Å². The minimum absolute atomic E-state index is 0.0757. The molecule has 1 aromatic rings. The average Bonchev–Trinajstić information content (AvgIpc) is 2.71. The number of piperidine rings is 1. The number of rotatable bonds is 7. The first-order chi connectivity index (χ1) is 14.6. The number of likely N-dealkylation sites (tertiary alicyclic amines) is 1. The van der Waals surface area contributed by atoms with Crippen LogP contribution in [-0.4, -0.2) is 54.0 Å². The number of nitrogens with zero attached hydrogens (tertiary/aromatic N) is 1. The first-order valence-electron chi connectivity index (χ1n) is 10.7. The van der Waals surface area contributed by atoms with Gasteiger partial charge >= 0.3 is 12.1 Å². The van der Waals surface area contributed by atoms with Gasteiger partial charge in [0, 0.05) is 30.8 Å². The summed E-state index contributed by atoms with van der Waals surface area (Å²) in [6.45, 7) is 7.83. The Hall–Kier alpha value is -2.90. The Morgan fingerprint density at radius 2 is 1.68 bits per heavy atom. The third-order valence-electron chi connectivity index (χ3n) is 4.79. The van der Waals surface area contributed by atoms with Gasteiger partial charge in [-0.2, -0.15) is 0 Å². The molecule has 0 radical (unpaired) electrons. The molecular weight excluding hydrogens is 400 g/mol. The van der Waals surface area contributed by atoms with Gasteiger partial charge in [0.05, 0.1) is 5.92 Å². The molecule has 1 saturated heterocycles. The normalized spacial score (nSPS) is 14.6.